The number of carboxylic acids is 1. The number of benzene rings is 1. The number of carbonyl (C=O) groups is 2. The fourth-order valence-corrected chi connectivity index (χ4v) is 3.33. The minimum Gasteiger partial charge on any atom is -0.481 e. The molecule has 0 aliphatic heterocycles. The lowest BCUT2D eigenvalue weighted by Crippen LogP contribution is -2.42. The molecule has 0 bridgehead atoms. The molecule has 1 rings (SSSR count). The van der Waals surface area contributed by atoms with Crippen molar-refractivity contribution in [3.8, 4) is 0 Å². The number of hydrogen-bond acceptors (Lipinski definition) is 4. The zero-order valence-electron chi connectivity index (χ0n) is 14.1. The second kappa shape index (κ2) is 8.25. The molecule has 0 aromatic heterocycles. The number of amides is 1. The molecule has 134 valence electrons. The lowest BCUT2D eigenvalue weighted by atomic mass is 9.82. The topological polar surface area (TPSA) is 113 Å². The van der Waals surface area contributed by atoms with Crippen molar-refractivity contribution >= 4 is 21.9 Å². The molecule has 1 aromatic carbocycles. The van der Waals surface area contributed by atoms with Crippen LogP contribution >= 0.6 is 0 Å². The van der Waals surface area contributed by atoms with Crippen LogP contribution in [0.15, 0.2) is 29.2 Å². The van der Waals surface area contributed by atoms with Gasteiger partial charge in [-0.3, -0.25) is 9.59 Å². The van der Waals surface area contributed by atoms with Crippen LogP contribution in [0.3, 0.4) is 0 Å². The minimum atomic E-state index is -3.57. The van der Waals surface area contributed by atoms with Gasteiger partial charge in [-0.05, 0) is 37.1 Å². The van der Waals surface area contributed by atoms with Crippen LogP contribution in [-0.2, 0) is 14.8 Å². The number of sulfonamides is 1. The summed E-state index contributed by atoms with van der Waals surface area (Å²) in [6.45, 7) is 5.51. The fourth-order valence-electron chi connectivity index (χ4n) is 2.29. The molecule has 0 aliphatic carbocycles. The van der Waals surface area contributed by atoms with Crippen LogP contribution in [0, 0.1) is 5.41 Å². The summed E-state index contributed by atoms with van der Waals surface area (Å²) in [6.07, 6.45) is 0.804. The minimum absolute atomic E-state index is 0.0195. The van der Waals surface area contributed by atoms with E-state index in [2.05, 4.69) is 10.0 Å². The van der Waals surface area contributed by atoms with Crippen molar-refractivity contribution in [1.29, 1.82) is 0 Å². The van der Waals surface area contributed by atoms with E-state index in [4.69, 9.17) is 0 Å². The van der Waals surface area contributed by atoms with Crippen molar-refractivity contribution in [2.75, 3.05) is 13.1 Å². The van der Waals surface area contributed by atoms with E-state index >= 15 is 0 Å². The third-order valence-corrected chi connectivity index (χ3v) is 5.72. The lowest BCUT2D eigenvalue weighted by Gasteiger charge is -2.26. The maximum absolute atomic E-state index is 12.2. The summed E-state index contributed by atoms with van der Waals surface area (Å²) in [5.41, 5.74) is -0.721. The third kappa shape index (κ3) is 4.55. The van der Waals surface area contributed by atoms with E-state index in [1.54, 1.807) is 20.8 Å². The molecule has 0 saturated carbocycles. The Morgan fingerprint density at radius 3 is 2.04 bits per heavy atom. The Bertz CT molecular complexity index is 679. The molecule has 0 unspecified atom stereocenters. The molecule has 8 heteroatoms. The van der Waals surface area contributed by atoms with Crippen LogP contribution in [0.1, 0.15) is 44.0 Å². The summed E-state index contributed by atoms with van der Waals surface area (Å²) in [5.74, 6) is -1.38. The average molecular weight is 356 g/mol. The summed E-state index contributed by atoms with van der Waals surface area (Å²) in [4.78, 5) is 23.7. The zero-order valence-corrected chi connectivity index (χ0v) is 14.9. The maximum atomic E-state index is 12.2. The molecular weight excluding hydrogens is 332 g/mol. The number of nitrogens with one attached hydrogen (secondary N) is 2. The van der Waals surface area contributed by atoms with E-state index in [1.165, 1.54) is 24.3 Å². The van der Waals surface area contributed by atoms with E-state index in [9.17, 15) is 23.1 Å². The summed E-state index contributed by atoms with van der Waals surface area (Å²) in [7, 11) is -3.57. The molecule has 24 heavy (non-hydrogen) atoms. The Kier molecular flexibility index (Phi) is 6.92. The van der Waals surface area contributed by atoms with Gasteiger partial charge in [-0.2, -0.15) is 0 Å². The van der Waals surface area contributed by atoms with Crippen LogP contribution < -0.4 is 10.0 Å². The highest BCUT2D eigenvalue weighted by Crippen LogP contribution is 2.25. The molecule has 0 spiro atoms. The van der Waals surface area contributed by atoms with Gasteiger partial charge >= 0.3 is 5.97 Å². The van der Waals surface area contributed by atoms with E-state index in [0.717, 1.165) is 0 Å². The van der Waals surface area contributed by atoms with Gasteiger partial charge in [0.15, 0.2) is 0 Å². The van der Waals surface area contributed by atoms with Gasteiger partial charge in [0.25, 0.3) is 5.91 Å². The summed E-state index contributed by atoms with van der Waals surface area (Å²) in [5, 5.41) is 12.0. The largest absolute Gasteiger partial charge is 0.481 e. The number of carbonyl (C=O) groups excluding carboxylic acids is 1. The summed E-state index contributed by atoms with van der Waals surface area (Å²) < 4.78 is 26.1. The molecule has 0 heterocycles. The maximum Gasteiger partial charge on any atom is 0.311 e. The monoisotopic (exact) mass is 356 g/mol. The van der Waals surface area contributed by atoms with Gasteiger partial charge in [-0.15, -0.1) is 0 Å². The van der Waals surface area contributed by atoms with Crippen LogP contribution in [-0.4, -0.2) is 38.5 Å². The van der Waals surface area contributed by atoms with Gasteiger partial charge < -0.3 is 10.4 Å². The van der Waals surface area contributed by atoms with E-state index in [0.29, 0.717) is 12.8 Å². The quantitative estimate of drug-likeness (QED) is 0.622. The number of hydrogen-bond donors (Lipinski definition) is 3. The highest BCUT2D eigenvalue weighted by Gasteiger charge is 2.35. The Labute approximate surface area is 142 Å². The van der Waals surface area contributed by atoms with Crippen LogP contribution in [0.25, 0.3) is 0 Å². The number of carboxylic acid groups (broad SMARTS) is 1. The first-order valence-electron chi connectivity index (χ1n) is 7.83. The van der Waals surface area contributed by atoms with Crippen molar-refractivity contribution in [2.24, 2.45) is 5.41 Å². The predicted molar refractivity (Wildman–Crippen MR) is 90.3 cm³/mol. The molecule has 0 aliphatic rings. The van der Waals surface area contributed by atoms with Crippen molar-refractivity contribution < 1.29 is 23.1 Å². The summed E-state index contributed by atoms with van der Waals surface area (Å²) in [6, 6.07) is 5.49. The molecule has 7 nitrogen and oxygen atoms in total. The van der Waals surface area contributed by atoms with Gasteiger partial charge in [0, 0.05) is 18.7 Å². The normalized spacial score (nSPS) is 12.0. The van der Waals surface area contributed by atoms with Gasteiger partial charge in [-0.25, -0.2) is 13.1 Å². The highest BCUT2D eigenvalue weighted by molar-refractivity contribution is 7.89. The Balaban J connectivity index is 2.85. The fraction of sp³-hybridized carbons (Fsp3) is 0.500. The highest BCUT2D eigenvalue weighted by atomic mass is 32.2. The molecule has 0 radical (unpaired) electrons. The first-order chi connectivity index (χ1) is 11.2. The Hall–Kier alpha value is -1.93. The van der Waals surface area contributed by atoms with Crippen LogP contribution in [0.2, 0.25) is 0 Å². The first kappa shape index (κ1) is 20.1. The SMILES string of the molecule is CCNS(=O)(=O)c1ccc(C(=O)NCC(CC)(CC)C(=O)O)cc1. The van der Waals surface area contributed by atoms with Gasteiger partial charge in [-0.1, -0.05) is 20.8 Å². The third-order valence-electron chi connectivity index (χ3n) is 4.16. The zero-order chi connectivity index (χ0) is 18.4. The molecule has 1 amide bonds. The molecular formula is C16H24N2O5S. The van der Waals surface area contributed by atoms with Crippen molar-refractivity contribution in [3.63, 3.8) is 0 Å². The van der Waals surface area contributed by atoms with Gasteiger partial charge in [0.1, 0.15) is 0 Å². The number of rotatable bonds is 9. The molecule has 0 fully saturated rings. The molecule has 0 atom stereocenters. The first-order valence-corrected chi connectivity index (χ1v) is 9.32. The van der Waals surface area contributed by atoms with E-state index in [1.807, 2.05) is 0 Å². The predicted octanol–water partition coefficient (Wildman–Crippen LogP) is 1.61. The van der Waals surface area contributed by atoms with Gasteiger partial charge in [0.2, 0.25) is 10.0 Å². The van der Waals surface area contributed by atoms with Crippen LogP contribution in [0.5, 0.6) is 0 Å². The number of aliphatic carboxylic acids is 1. The van der Waals surface area contributed by atoms with Gasteiger partial charge in [0.05, 0.1) is 10.3 Å². The van der Waals surface area contributed by atoms with Crippen molar-refractivity contribution in [3.05, 3.63) is 29.8 Å². The van der Waals surface area contributed by atoms with Crippen molar-refractivity contribution in [2.45, 2.75) is 38.5 Å². The average Bonchev–Trinajstić information content (AvgIpc) is 2.56. The van der Waals surface area contributed by atoms with E-state index in [-0.39, 0.29) is 23.5 Å². The molecule has 0 saturated heterocycles. The smallest absolute Gasteiger partial charge is 0.311 e. The standard InChI is InChI=1S/C16H24N2O5S/c1-4-16(5-2,15(20)21)11-17-14(19)12-7-9-13(10-8-12)24(22,23)18-6-3/h7-10,18H,4-6,11H2,1-3H3,(H,17,19)(H,20,21). The van der Waals surface area contributed by atoms with Crippen molar-refractivity contribution in [1.82, 2.24) is 10.0 Å². The molecule has 1 aromatic rings. The van der Waals surface area contributed by atoms with E-state index < -0.39 is 27.3 Å². The summed E-state index contributed by atoms with van der Waals surface area (Å²) >= 11 is 0. The Morgan fingerprint density at radius 2 is 1.62 bits per heavy atom. The molecule has 3 N–H and O–H groups in total. The van der Waals surface area contributed by atoms with Crippen LogP contribution in [0.4, 0.5) is 0 Å². The lowest BCUT2D eigenvalue weighted by molar-refractivity contribution is -0.149. The second-order valence-corrected chi connectivity index (χ2v) is 7.27. The second-order valence-electron chi connectivity index (χ2n) is 5.50. The Morgan fingerprint density at radius 1 is 1.08 bits per heavy atom.